The number of nitro groups is 1. The summed E-state index contributed by atoms with van der Waals surface area (Å²) in [5, 5.41) is 9.89. The van der Waals surface area contributed by atoms with E-state index in [0.717, 1.165) is 11.8 Å². The third-order valence-corrected chi connectivity index (χ3v) is 1.19. The van der Waals surface area contributed by atoms with E-state index in [1.54, 1.807) is 12.1 Å². The molecular formula is C10H13I2NO2. The molecule has 0 aliphatic rings. The summed E-state index contributed by atoms with van der Waals surface area (Å²) in [6.07, 6.45) is 2.38. The third-order valence-electron chi connectivity index (χ3n) is 1.19. The normalized spacial score (nSPS) is 8.27. The fraction of sp³-hybridized carbons (Fsp3) is 0.200. The Bertz CT molecular complexity index is 276. The zero-order valence-electron chi connectivity index (χ0n) is 8.56. The molecule has 0 radical (unpaired) electrons. The molecule has 1 aromatic rings. The van der Waals surface area contributed by atoms with Crippen LogP contribution in [-0.2, 0) is 0 Å². The summed E-state index contributed by atoms with van der Waals surface area (Å²) in [5.41, 5.74) is 0.837. The zero-order valence-corrected chi connectivity index (χ0v) is 12.9. The molecule has 84 valence electrons. The molecule has 0 heterocycles. The van der Waals surface area contributed by atoms with Gasteiger partial charge in [-0.25, -0.2) is 0 Å². The first-order valence-corrected chi connectivity index (χ1v) is 10.6. The Morgan fingerprint density at radius 2 is 1.67 bits per heavy atom. The number of hydrogen-bond acceptors (Lipinski definition) is 2. The van der Waals surface area contributed by atoms with Crippen LogP contribution in [0, 0.1) is 10.1 Å². The molecule has 0 saturated carbocycles. The van der Waals surface area contributed by atoms with Crippen LogP contribution in [0.25, 0.3) is 6.08 Å². The molecule has 0 aliphatic carbocycles. The molecule has 15 heavy (non-hydrogen) atoms. The van der Waals surface area contributed by atoms with E-state index in [9.17, 15) is 10.1 Å². The van der Waals surface area contributed by atoms with Crippen molar-refractivity contribution in [3.8, 4) is 0 Å². The van der Waals surface area contributed by atoms with E-state index in [1.807, 2.05) is 32.0 Å². The highest BCUT2D eigenvalue weighted by atomic mass is 128. The first kappa shape index (κ1) is 17.2. The van der Waals surface area contributed by atoms with Crippen LogP contribution in [0.1, 0.15) is 19.4 Å². The third kappa shape index (κ3) is 11.7. The minimum atomic E-state index is -0.479. The van der Waals surface area contributed by atoms with E-state index in [4.69, 9.17) is 0 Å². The van der Waals surface area contributed by atoms with E-state index in [2.05, 4.69) is 37.2 Å². The summed E-state index contributed by atoms with van der Waals surface area (Å²) >= 11 is 4.24. The highest BCUT2D eigenvalue weighted by molar-refractivity contribution is 15.0. The summed E-state index contributed by atoms with van der Waals surface area (Å²) in [7, 11) is 0. The van der Waals surface area contributed by atoms with Gasteiger partial charge in [0.15, 0.2) is 0 Å². The second-order valence-electron chi connectivity index (χ2n) is 2.01. The maximum absolute atomic E-state index is 9.89. The first-order chi connectivity index (χ1) is 7.29. The Morgan fingerprint density at radius 1 is 1.20 bits per heavy atom. The van der Waals surface area contributed by atoms with Crippen LogP contribution in [0.2, 0.25) is 0 Å². The summed E-state index contributed by atoms with van der Waals surface area (Å²) in [4.78, 5) is 9.41. The summed E-state index contributed by atoms with van der Waals surface area (Å²) < 4.78 is 0. The standard InChI is InChI=1S/C8H7NO2.C2H6.I2/c10-9(11)7-6-8-4-2-1-3-5-8;2*1-2/h1-7H;1-2H3;/b7-6+;;. The lowest BCUT2D eigenvalue weighted by Crippen LogP contribution is -1.81. The largest absolute Gasteiger partial charge is 0.259 e. The minimum absolute atomic E-state index is 0.479. The van der Waals surface area contributed by atoms with Crippen molar-refractivity contribution in [3.63, 3.8) is 0 Å². The molecule has 0 saturated heterocycles. The van der Waals surface area contributed by atoms with Gasteiger partial charge in [-0.05, 0) is 5.56 Å². The molecule has 0 atom stereocenters. The van der Waals surface area contributed by atoms with Gasteiger partial charge in [-0.15, -0.1) is 0 Å². The summed E-state index contributed by atoms with van der Waals surface area (Å²) in [6, 6.07) is 9.14. The molecular weight excluding hydrogens is 420 g/mol. The SMILES string of the molecule is CC.II.O=[N+]([O-])/C=C/c1ccccc1. The van der Waals surface area contributed by atoms with Gasteiger partial charge in [0.1, 0.15) is 0 Å². The van der Waals surface area contributed by atoms with Gasteiger partial charge in [0.05, 0.1) is 4.92 Å². The Labute approximate surface area is 113 Å². The van der Waals surface area contributed by atoms with Crippen molar-refractivity contribution < 1.29 is 4.92 Å². The maximum atomic E-state index is 9.89. The zero-order chi connectivity index (χ0) is 12.1. The summed E-state index contributed by atoms with van der Waals surface area (Å²) in [6.45, 7) is 4.00. The molecule has 1 aromatic carbocycles. The van der Waals surface area contributed by atoms with Gasteiger partial charge in [0, 0.05) is 43.3 Å². The molecule has 3 nitrogen and oxygen atoms in total. The molecule has 0 spiro atoms. The Kier molecular flexibility index (Phi) is 15.9. The number of rotatable bonds is 2. The maximum Gasteiger partial charge on any atom is 0.235 e. The average molecular weight is 433 g/mol. The lowest BCUT2D eigenvalue weighted by atomic mass is 10.2. The van der Waals surface area contributed by atoms with Crippen molar-refractivity contribution in [3.05, 3.63) is 52.2 Å². The van der Waals surface area contributed by atoms with E-state index in [1.165, 1.54) is 6.08 Å². The fourth-order valence-electron chi connectivity index (χ4n) is 0.711. The minimum Gasteiger partial charge on any atom is -0.259 e. The van der Waals surface area contributed by atoms with Crippen LogP contribution in [0.5, 0.6) is 0 Å². The summed E-state index contributed by atoms with van der Waals surface area (Å²) in [5.74, 6) is 0. The molecule has 1 rings (SSSR count). The molecule has 0 fully saturated rings. The number of benzene rings is 1. The fourth-order valence-corrected chi connectivity index (χ4v) is 0.711. The van der Waals surface area contributed by atoms with Crippen molar-refractivity contribution in [2.24, 2.45) is 0 Å². The number of nitrogens with zero attached hydrogens (tertiary/aromatic N) is 1. The van der Waals surface area contributed by atoms with Crippen molar-refractivity contribution in [1.29, 1.82) is 0 Å². The van der Waals surface area contributed by atoms with E-state index >= 15 is 0 Å². The van der Waals surface area contributed by atoms with Gasteiger partial charge in [0.25, 0.3) is 0 Å². The van der Waals surface area contributed by atoms with Crippen LogP contribution in [-0.4, -0.2) is 4.92 Å². The lowest BCUT2D eigenvalue weighted by molar-refractivity contribution is -0.400. The van der Waals surface area contributed by atoms with Gasteiger partial charge in [-0.3, -0.25) is 10.1 Å². The molecule has 0 unspecified atom stereocenters. The van der Waals surface area contributed by atoms with Crippen molar-refractivity contribution in [2.75, 3.05) is 0 Å². The van der Waals surface area contributed by atoms with Crippen LogP contribution in [0.15, 0.2) is 36.5 Å². The molecule has 0 bridgehead atoms. The molecule has 0 aliphatic heterocycles. The van der Waals surface area contributed by atoms with Crippen LogP contribution < -0.4 is 0 Å². The average Bonchev–Trinajstić information content (AvgIpc) is 2.33. The van der Waals surface area contributed by atoms with Crippen molar-refractivity contribution in [2.45, 2.75) is 13.8 Å². The number of halogens is 2. The predicted octanol–water partition coefficient (Wildman–Crippen LogP) is 4.73. The van der Waals surface area contributed by atoms with Crippen molar-refractivity contribution >= 4 is 43.3 Å². The predicted molar refractivity (Wildman–Crippen MR) is 81.9 cm³/mol. The van der Waals surface area contributed by atoms with Gasteiger partial charge in [0.2, 0.25) is 6.20 Å². The van der Waals surface area contributed by atoms with Crippen LogP contribution in [0.4, 0.5) is 0 Å². The van der Waals surface area contributed by atoms with E-state index < -0.39 is 4.92 Å². The highest BCUT2D eigenvalue weighted by Crippen LogP contribution is 1.99. The van der Waals surface area contributed by atoms with E-state index in [0.29, 0.717) is 0 Å². The van der Waals surface area contributed by atoms with Gasteiger partial charge < -0.3 is 0 Å². The second kappa shape index (κ2) is 13.8. The van der Waals surface area contributed by atoms with Gasteiger partial charge in [-0.1, -0.05) is 44.2 Å². The quantitative estimate of drug-likeness (QED) is 0.385. The van der Waals surface area contributed by atoms with E-state index in [-0.39, 0.29) is 0 Å². The smallest absolute Gasteiger partial charge is 0.235 e. The molecule has 0 aromatic heterocycles. The Morgan fingerprint density at radius 3 is 2.07 bits per heavy atom. The van der Waals surface area contributed by atoms with Gasteiger partial charge in [-0.2, -0.15) is 0 Å². The number of hydrogen-bond donors (Lipinski definition) is 0. The Hall–Kier alpha value is -0.180. The monoisotopic (exact) mass is 433 g/mol. The highest BCUT2D eigenvalue weighted by Gasteiger charge is 1.86. The molecule has 0 N–H and O–H groups in total. The van der Waals surface area contributed by atoms with Crippen LogP contribution in [0.3, 0.4) is 0 Å². The van der Waals surface area contributed by atoms with Crippen molar-refractivity contribution in [1.82, 2.24) is 0 Å². The lowest BCUT2D eigenvalue weighted by Gasteiger charge is -1.86. The van der Waals surface area contributed by atoms with Crippen LogP contribution >= 0.6 is 37.2 Å². The molecule has 0 amide bonds. The second-order valence-corrected chi connectivity index (χ2v) is 2.01. The Balaban J connectivity index is 0. The first-order valence-electron chi connectivity index (χ1n) is 4.30. The topological polar surface area (TPSA) is 43.1 Å². The molecule has 5 heteroatoms. The van der Waals surface area contributed by atoms with Gasteiger partial charge >= 0.3 is 0 Å².